The van der Waals surface area contributed by atoms with Gasteiger partial charge in [0, 0.05) is 18.5 Å². The van der Waals surface area contributed by atoms with E-state index in [4.69, 9.17) is 4.74 Å². The van der Waals surface area contributed by atoms with Crippen LogP contribution in [0.15, 0.2) is 64.5 Å². The summed E-state index contributed by atoms with van der Waals surface area (Å²) >= 11 is 0. The molecule has 6 heteroatoms. The van der Waals surface area contributed by atoms with Gasteiger partial charge >= 0.3 is 0 Å². The Labute approximate surface area is 134 Å². The third-order valence-corrected chi connectivity index (χ3v) is 4.97. The zero-order valence-corrected chi connectivity index (χ0v) is 13.1. The normalized spacial score (nSPS) is 10.8. The zero-order valence-electron chi connectivity index (χ0n) is 12.3. The Balaban J connectivity index is 2.09. The van der Waals surface area contributed by atoms with Crippen LogP contribution < -0.4 is 10.1 Å². The molecule has 23 heavy (non-hydrogen) atoms. The molecule has 0 radical (unpaired) electrons. The molecule has 0 unspecified atom stereocenters. The Kier molecular flexibility index (Phi) is 3.96. The maximum absolute atomic E-state index is 12.7. The summed E-state index contributed by atoms with van der Waals surface area (Å²) in [5.41, 5.74) is 0.590. The van der Waals surface area contributed by atoms with E-state index in [9.17, 15) is 8.42 Å². The molecule has 0 aliphatic rings. The van der Waals surface area contributed by atoms with E-state index in [0.717, 1.165) is 5.39 Å². The number of aromatic amines is 1. The summed E-state index contributed by atoms with van der Waals surface area (Å²) in [5, 5.41) is 3.51. The van der Waals surface area contributed by atoms with Gasteiger partial charge in [0.15, 0.2) is 5.75 Å². The number of para-hydroxylation sites is 1. The molecule has 0 spiro atoms. The van der Waals surface area contributed by atoms with Crippen LogP contribution in [0.25, 0.3) is 10.9 Å². The molecule has 3 aromatic rings. The molecule has 5 nitrogen and oxygen atoms in total. The number of hydrogen-bond donors (Lipinski definition) is 2. The van der Waals surface area contributed by atoms with Gasteiger partial charge in [-0.15, -0.1) is 0 Å². The number of benzene rings is 2. The van der Waals surface area contributed by atoms with E-state index in [1.807, 2.05) is 6.07 Å². The van der Waals surface area contributed by atoms with E-state index in [1.165, 1.54) is 0 Å². The molecule has 0 amide bonds. The minimum Gasteiger partial charge on any atom is -0.404 e. The molecule has 2 N–H and O–H groups in total. The number of fused-ring (bicyclic) bond motifs is 1. The van der Waals surface area contributed by atoms with Crippen molar-refractivity contribution in [3.63, 3.8) is 0 Å². The van der Waals surface area contributed by atoms with E-state index in [1.54, 1.807) is 55.6 Å². The van der Waals surface area contributed by atoms with E-state index in [2.05, 4.69) is 22.5 Å². The summed E-state index contributed by atoms with van der Waals surface area (Å²) in [7, 11) is -1.93. The molecule has 3 rings (SSSR count). The van der Waals surface area contributed by atoms with Gasteiger partial charge in [-0.3, -0.25) is 0 Å². The van der Waals surface area contributed by atoms with Crippen LogP contribution in [0.4, 0.5) is 0 Å². The molecule has 0 aliphatic carbocycles. The Hall–Kier alpha value is -2.91. The fourth-order valence-corrected chi connectivity index (χ4v) is 3.48. The Morgan fingerprint density at radius 3 is 2.61 bits per heavy atom. The minimum absolute atomic E-state index is 0.122. The van der Waals surface area contributed by atoms with Gasteiger partial charge in [0.2, 0.25) is 9.84 Å². The van der Waals surface area contributed by atoms with E-state index in [0.29, 0.717) is 11.3 Å². The molecule has 0 fully saturated rings. The van der Waals surface area contributed by atoms with E-state index in [-0.39, 0.29) is 9.92 Å². The fraction of sp³-hybridized carbons (Fsp3) is 0.0588. The van der Waals surface area contributed by atoms with Crippen molar-refractivity contribution < 1.29 is 13.2 Å². The van der Waals surface area contributed by atoms with Crippen LogP contribution in [0.3, 0.4) is 0 Å². The molecular formula is C17H14N2O3S. The van der Waals surface area contributed by atoms with Crippen molar-refractivity contribution in [1.29, 1.82) is 0 Å². The smallest absolute Gasteiger partial charge is 0.221 e. The second-order valence-corrected chi connectivity index (χ2v) is 6.67. The average Bonchev–Trinajstić information content (AvgIpc) is 3.02. The standard InChI is InChI=1S/C17H14N2O3S/c1-18-10-11-22-15-9-5-6-13-12-16(19-17(13)15)23(20,21)14-7-3-2-4-8-14/h2-9,12,18-19H,1H3. The van der Waals surface area contributed by atoms with E-state index >= 15 is 0 Å². The summed E-state index contributed by atoms with van der Waals surface area (Å²) in [6.45, 7) is 0. The molecule has 0 bridgehead atoms. The second kappa shape index (κ2) is 6.07. The lowest BCUT2D eigenvalue weighted by Crippen LogP contribution is -2.01. The van der Waals surface area contributed by atoms with Crippen molar-refractivity contribution in [3.05, 3.63) is 54.6 Å². The highest BCUT2D eigenvalue weighted by Gasteiger charge is 2.20. The van der Waals surface area contributed by atoms with Crippen LogP contribution in [0.5, 0.6) is 5.75 Å². The van der Waals surface area contributed by atoms with Gasteiger partial charge < -0.3 is 15.0 Å². The van der Waals surface area contributed by atoms with Crippen molar-refractivity contribution >= 4 is 20.7 Å². The lowest BCUT2D eigenvalue weighted by molar-refractivity contribution is 0.523. The minimum atomic E-state index is -3.60. The molecule has 0 saturated heterocycles. The third-order valence-electron chi connectivity index (χ3n) is 3.27. The van der Waals surface area contributed by atoms with Gasteiger partial charge in [-0.05, 0) is 24.3 Å². The number of nitrogens with one attached hydrogen (secondary N) is 2. The molecule has 0 aliphatic heterocycles. The predicted octanol–water partition coefficient (Wildman–Crippen LogP) is 2.52. The van der Waals surface area contributed by atoms with Gasteiger partial charge in [-0.1, -0.05) is 30.3 Å². The maximum Gasteiger partial charge on any atom is 0.221 e. The lowest BCUT2D eigenvalue weighted by atomic mass is 10.2. The van der Waals surface area contributed by atoms with Crippen LogP contribution in [0, 0.1) is 12.2 Å². The molecule has 116 valence electrons. The van der Waals surface area contributed by atoms with Gasteiger partial charge in [0.05, 0.1) is 10.4 Å². The van der Waals surface area contributed by atoms with Crippen molar-refractivity contribution in [2.75, 3.05) is 7.05 Å². The Bertz CT molecular complexity index is 996. The summed E-state index contributed by atoms with van der Waals surface area (Å²) in [5.74, 6) is 0.472. The lowest BCUT2D eigenvalue weighted by Gasteiger charge is -2.01. The first kappa shape index (κ1) is 15.0. The van der Waals surface area contributed by atoms with Crippen LogP contribution in [0.2, 0.25) is 0 Å². The summed E-state index contributed by atoms with van der Waals surface area (Å²) in [6.07, 6.45) is 2.49. The summed E-state index contributed by atoms with van der Waals surface area (Å²) in [4.78, 5) is 3.17. The number of rotatable bonds is 3. The maximum atomic E-state index is 12.7. The first-order chi connectivity index (χ1) is 11.1. The molecule has 0 saturated carbocycles. The third kappa shape index (κ3) is 2.87. The monoisotopic (exact) mass is 326 g/mol. The highest BCUT2D eigenvalue weighted by molar-refractivity contribution is 7.91. The summed E-state index contributed by atoms with van der Waals surface area (Å²) in [6, 6.07) is 17.8. The molecular weight excluding hydrogens is 312 g/mol. The molecule has 1 heterocycles. The van der Waals surface area contributed by atoms with Crippen molar-refractivity contribution in [1.82, 2.24) is 10.3 Å². The molecule has 0 atom stereocenters. The van der Waals surface area contributed by atoms with Crippen LogP contribution in [-0.2, 0) is 9.84 Å². The number of ether oxygens (including phenoxy) is 1. The Morgan fingerprint density at radius 2 is 1.87 bits per heavy atom. The van der Waals surface area contributed by atoms with Crippen LogP contribution >= 0.6 is 0 Å². The van der Waals surface area contributed by atoms with Gasteiger partial charge in [-0.25, -0.2) is 8.42 Å². The highest BCUT2D eigenvalue weighted by atomic mass is 32.2. The first-order valence-corrected chi connectivity index (χ1v) is 8.37. The van der Waals surface area contributed by atoms with E-state index < -0.39 is 9.84 Å². The molecule has 1 aromatic heterocycles. The second-order valence-electron chi connectivity index (χ2n) is 4.75. The van der Waals surface area contributed by atoms with Gasteiger partial charge in [-0.2, -0.15) is 0 Å². The number of H-pyrrole nitrogens is 1. The zero-order chi connectivity index (χ0) is 16.3. The van der Waals surface area contributed by atoms with Crippen molar-refractivity contribution in [2.45, 2.75) is 9.92 Å². The largest absolute Gasteiger partial charge is 0.404 e. The van der Waals surface area contributed by atoms with Gasteiger partial charge in [0.1, 0.15) is 11.1 Å². The fourth-order valence-electron chi connectivity index (χ4n) is 2.19. The topological polar surface area (TPSA) is 71.2 Å². The predicted molar refractivity (Wildman–Crippen MR) is 87.7 cm³/mol. The SMILES string of the molecule is CNC#COc1cccc2cc(S(=O)(=O)c3ccccc3)[nH]c12. The first-order valence-electron chi connectivity index (χ1n) is 6.88. The average molecular weight is 326 g/mol. The number of hydrogen-bond acceptors (Lipinski definition) is 4. The highest BCUT2D eigenvalue weighted by Crippen LogP contribution is 2.29. The van der Waals surface area contributed by atoms with Crippen LogP contribution in [0.1, 0.15) is 0 Å². The molecule has 2 aromatic carbocycles. The quantitative estimate of drug-likeness (QED) is 0.573. The van der Waals surface area contributed by atoms with Crippen molar-refractivity contribution in [3.8, 4) is 17.9 Å². The number of sulfone groups is 1. The van der Waals surface area contributed by atoms with Crippen molar-refractivity contribution in [2.24, 2.45) is 0 Å². The Morgan fingerprint density at radius 1 is 1.09 bits per heavy atom. The van der Waals surface area contributed by atoms with Crippen LogP contribution in [-0.4, -0.2) is 20.4 Å². The number of aromatic nitrogens is 1. The van der Waals surface area contributed by atoms with Gasteiger partial charge in [0.25, 0.3) is 0 Å². The summed E-state index contributed by atoms with van der Waals surface area (Å²) < 4.78 is 30.7.